The number of hydrogen-bond acceptors (Lipinski definition) is 17. The van der Waals surface area contributed by atoms with E-state index in [9.17, 15) is 43.5 Å². The molecule has 0 saturated carbocycles. The summed E-state index contributed by atoms with van der Waals surface area (Å²) in [5, 5.41) is 10.3. The zero-order chi connectivity index (χ0) is 37.7. The second-order valence-corrected chi connectivity index (χ2v) is 10.5. The van der Waals surface area contributed by atoms with E-state index in [-0.39, 0.29) is 111 Å². The summed E-state index contributed by atoms with van der Waals surface area (Å²) in [4.78, 5) is 92.5. The van der Waals surface area contributed by atoms with E-state index in [2.05, 4.69) is 0 Å². The van der Waals surface area contributed by atoms with Gasteiger partial charge >= 0.3 is 23.9 Å². The third-order valence-electron chi connectivity index (χ3n) is 6.60. The van der Waals surface area contributed by atoms with E-state index in [1.54, 1.807) is 0 Å². The first-order valence-electron chi connectivity index (χ1n) is 16.8. The molecule has 0 aliphatic carbocycles. The van der Waals surface area contributed by atoms with E-state index in [0.717, 1.165) is 0 Å². The van der Waals surface area contributed by atoms with Gasteiger partial charge in [-0.2, -0.15) is 0 Å². The van der Waals surface area contributed by atoms with Crippen molar-refractivity contribution in [3.8, 4) is 0 Å². The number of carbonyl (C=O) groups is 8. The predicted molar refractivity (Wildman–Crippen MR) is 171 cm³/mol. The second kappa shape index (κ2) is 29.1. The smallest absolute Gasteiger partial charge is 0.374 e. The van der Waals surface area contributed by atoms with Gasteiger partial charge in [0.05, 0.1) is 59.5 Å². The quantitative estimate of drug-likeness (QED) is 0.0438. The molecule has 3 atom stereocenters. The highest BCUT2D eigenvalue weighted by molar-refractivity contribution is 6.34. The molecule has 0 aromatic rings. The van der Waals surface area contributed by atoms with Gasteiger partial charge in [-0.1, -0.05) is 27.7 Å². The Balaban J connectivity index is 5.60. The third-order valence-corrected chi connectivity index (χ3v) is 6.60. The zero-order valence-electron chi connectivity index (χ0n) is 29.4. The topological polar surface area (TPSA) is 231 Å². The van der Waals surface area contributed by atoms with Crippen LogP contribution in [0.15, 0.2) is 0 Å². The molecular formula is C33H52O17. The minimum absolute atomic E-state index is 0.00147. The SMILES string of the molecule is CCC(=O)C(=O)OCCCOCC(OCCCOC(=O)C(=O)CC)C(OCCCOC(=O)C(=O)CC)C(CO)OCCCOC(=O)C(=O)CC. The predicted octanol–water partition coefficient (Wildman–Crippen LogP) is 0.801. The Bertz CT molecular complexity index is 1070. The van der Waals surface area contributed by atoms with Crippen molar-refractivity contribution in [2.24, 2.45) is 0 Å². The maximum Gasteiger partial charge on any atom is 0.374 e. The fourth-order valence-corrected chi connectivity index (χ4v) is 3.73. The summed E-state index contributed by atoms with van der Waals surface area (Å²) in [6, 6.07) is 0. The summed E-state index contributed by atoms with van der Waals surface area (Å²) in [5.41, 5.74) is 0. The van der Waals surface area contributed by atoms with Gasteiger partial charge in [-0.05, 0) is 0 Å². The Labute approximate surface area is 291 Å². The first kappa shape index (κ1) is 46.4. The molecule has 17 heteroatoms. The molecule has 50 heavy (non-hydrogen) atoms. The number of esters is 4. The molecule has 0 amide bonds. The van der Waals surface area contributed by atoms with Crippen LogP contribution in [0.2, 0.25) is 0 Å². The summed E-state index contributed by atoms with van der Waals surface area (Å²) in [6.45, 7) is 5.00. The maximum absolute atomic E-state index is 11.7. The van der Waals surface area contributed by atoms with Crippen LogP contribution in [0.25, 0.3) is 0 Å². The van der Waals surface area contributed by atoms with Crippen molar-refractivity contribution in [2.45, 2.75) is 97.4 Å². The minimum atomic E-state index is -1.03. The lowest BCUT2D eigenvalue weighted by atomic mass is 10.1. The molecule has 0 aliphatic heterocycles. The molecule has 0 saturated heterocycles. The molecule has 0 aliphatic rings. The summed E-state index contributed by atoms with van der Waals surface area (Å²) in [5.74, 6) is -6.51. The minimum Gasteiger partial charge on any atom is -0.460 e. The average Bonchev–Trinajstić information content (AvgIpc) is 3.13. The van der Waals surface area contributed by atoms with Crippen LogP contribution in [0.3, 0.4) is 0 Å². The Morgan fingerprint density at radius 1 is 0.440 bits per heavy atom. The van der Waals surface area contributed by atoms with Crippen LogP contribution >= 0.6 is 0 Å². The Hall–Kier alpha value is -3.64. The second-order valence-electron chi connectivity index (χ2n) is 10.5. The molecule has 286 valence electrons. The van der Waals surface area contributed by atoms with Crippen LogP contribution in [0.5, 0.6) is 0 Å². The standard InChI is InChI=1S/C33H52O17/c1-5-23(35)30(39)47-17-9-13-43-22-28(45-15-11-19-49-32(41)25(37)7-3)29(46-16-12-20-50-33(42)26(38)8-4)27(21-34)44-14-10-18-48-31(40)24(36)6-2/h27-29,34H,5-22H2,1-4H3. The van der Waals surface area contributed by atoms with Crippen LogP contribution in [-0.2, 0) is 76.3 Å². The molecule has 0 heterocycles. The first-order chi connectivity index (χ1) is 24.0. The van der Waals surface area contributed by atoms with Crippen LogP contribution in [0.1, 0.15) is 79.1 Å². The molecule has 0 radical (unpaired) electrons. The van der Waals surface area contributed by atoms with Gasteiger partial charge in [0, 0.05) is 58.0 Å². The summed E-state index contributed by atoms with van der Waals surface area (Å²) >= 11 is 0. The van der Waals surface area contributed by atoms with Crippen molar-refractivity contribution in [3.63, 3.8) is 0 Å². The number of aliphatic hydroxyl groups is 1. The Kier molecular flexibility index (Phi) is 27.0. The van der Waals surface area contributed by atoms with Crippen LogP contribution in [0.4, 0.5) is 0 Å². The normalized spacial score (nSPS) is 12.7. The highest BCUT2D eigenvalue weighted by Crippen LogP contribution is 2.16. The number of hydrogen-bond donors (Lipinski definition) is 1. The molecule has 0 aromatic carbocycles. The van der Waals surface area contributed by atoms with E-state index in [0.29, 0.717) is 0 Å². The lowest BCUT2D eigenvalue weighted by Crippen LogP contribution is -2.47. The summed E-state index contributed by atoms with van der Waals surface area (Å²) in [7, 11) is 0. The van der Waals surface area contributed by atoms with E-state index in [1.165, 1.54) is 27.7 Å². The molecule has 0 fully saturated rings. The number of rotatable bonds is 32. The zero-order valence-corrected chi connectivity index (χ0v) is 29.4. The van der Waals surface area contributed by atoms with E-state index < -0.39 is 71.9 Å². The van der Waals surface area contributed by atoms with Crippen LogP contribution in [-0.4, -0.2) is 136 Å². The van der Waals surface area contributed by atoms with Gasteiger partial charge in [0.25, 0.3) is 0 Å². The largest absolute Gasteiger partial charge is 0.460 e. The lowest BCUT2D eigenvalue weighted by molar-refractivity contribution is -0.170. The molecule has 0 spiro atoms. The van der Waals surface area contributed by atoms with Crippen LogP contribution < -0.4 is 0 Å². The van der Waals surface area contributed by atoms with Crippen molar-refractivity contribution in [1.29, 1.82) is 0 Å². The highest BCUT2D eigenvalue weighted by Gasteiger charge is 2.32. The van der Waals surface area contributed by atoms with Crippen molar-refractivity contribution >= 4 is 47.0 Å². The van der Waals surface area contributed by atoms with Gasteiger partial charge in [0.1, 0.15) is 18.3 Å². The lowest BCUT2D eigenvalue weighted by Gasteiger charge is -2.33. The van der Waals surface area contributed by atoms with Gasteiger partial charge in [-0.25, -0.2) is 19.2 Å². The number of aliphatic hydroxyl groups excluding tert-OH is 1. The number of ketones is 4. The molecule has 1 N–H and O–H groups in total. The first-order valence-corrected chi connectivity index (χ1v) is 16.8. The molecular weight excluding hydrogens is 668 g/mol. The number of Topliss-reactive ketones (excluding diaryl/α,β-unsaturated/α-hetero) is 4. The number of ether oxygens (including phenoxy) is 8. The van der Waals surface area contributed by atoms with Gasteiger partial charge in [-0.3, -0.25) is 19.2 Å². The van der Waals surface area contributed by atoms with Gasteiger partial charge in [0.15, 0.2) is 0 Å². The maximum atomic E-state index is 11.7. The van der Waals surface area contributed by atoms with E-state index >= 15 is 0 Å². The Morgan fingerprint density at radius 2 is 0.760 bits per heavy atom. The molecule has 17 nitrogen and oxygen atoms in total. The average molecular weight is 721 g/mol. The fraction of sp³-hybridized carbons (Fsp3) is 0.758. The highest BCUT2D eigenvalue weighted by atomic mass is 16.6. The van der Waals surface area contributed by atoms with Crippen molar-refractivity contribution < 1.29 is 81.4 Å². The van der Waals surface area contributed by atoms with Crippen molar-refractivity contribution in [1.82, 2.24) is 0 Å². The summed E-state index contributed by atoms with van der Waals surface area (Å²) < 4.78 is 43.3. The monoisotopic (exact) mass is 720 g/mol. The van der Waals surface area contributed by atoms with E-state index in [4.69, 9.17) is 37.9 Å². The summed E-state index contributed by atoms with van der Waals surface area (Å²) in [6.07, 6.45) is -2.19. The van der Waals surface area contributed by atoms with Crippen LogP contribution in [0, 0.1) is 0 Å². The molecule has 0 rings (SSSR count). The van der Waals surface area contributed by atoms with E-state index in [1.807, 2.05) is 0 Å². The Morgan fingerprint density at radius 3 is 1.10 bits per heavy atom. The van der Waals surface area contributed by atoms with Gasteiger partial charge in [0.2, 0.25) is 23.1 Å². The fourth-order valence-electron chi connectivity index (χ4n) is 3.73. The molecule has 3 unspecified atom stereocenters. The molecule has 0 bridgehead atoms. The van der Waals surface area contributed by atoms with Gasteiger partial charge < -0.3 is 43.0 Å². The van der Waals surface area contributed by atoms with Crippen molar-refractivity contribution in [2.75, 3.05) is 66.1 Å². The van der Waals surface area contributed by atoms with Gasteiger partial charge in [-0.15, -0.1) is 0 Å². The third kappa shape index (κ3) is 20.8. The molecule has 0 aromatic heterocycles. The number of carbonyl (C=O) groups excluding carboxylic acids is 8. The van der Waals surface area contributed by atoms with Crippen molar-refractivity contribution in [3.05, 3.63) is 0 Å².